The van der Waals surface area contributed by atoms with Crippen LogP contribution in [0.3, 0.4) is 0 Å². The molecule has 7 heteroatoms. The third kappa shape index (κ3) is 2.98. The van der Waals surface area contributed by atoms with Crippen LogP contribution < -0.4 is 0 Å². The van der Waals surface area contributed by atoms with Gasteiger partial charge in [-0.3, -0.25) is 14.7 Å². The number of nitrogens with zero attached hydrogens (tertiary/aromatic N) is 2. The Morgan fingerprint density at radius 1 is 1.33 bits per heavy atom. The smallest absolute Gasteiger partial charge is 0.335 e. The largest absolute Gasteiger partial charge is 0.478 e. The van der Waals surface area contributed by atoms with Gasteiger partial charge in [0.25, 0.3) is 5.91 Å². The van der Waals surface area contributed by atoms with E-state index in [9.17, 15) is 9.59 Å². The Balaban J connectivity index is 1.89. The predicted molar refractivity (Wildman–Crippen MR) is 92.8 cm³/mol. The summed E-state index contributed by atoms with van der Waals surface area (Å²) in [5.74, 6) is -0.0648. The van der Waals surface area contributed by atoms with Crippen LogP contribution in [0.4, 0.5) is 0 Å². The number of benzene rings is 1. The molecule has 0 atom stereocenters. The zero-order valence-corrected chi connectivity index (χ0v) is 13.8. The first-order valence-electron chi connectivity index (χ1n) is 7.07. The molecule has 1 fully saturated rings. The van der Waals surface area contributed by atoms with Gasteiger partial charge in [0.1, 0.15) is 11.5 Å². The molecule has 122 valence electrons. The summed E-state index contributed by atoms with van der Waals surface area (Å²) in [5.41, 5.74) is 0.855. The minimum absolute atomic E-state index is 0.133. The molecular weight excluding hydrogens is 328 g/mol. The standard InChI is InChI=1S/C17H14N2O4S/c1-18-17-19(2)15(20)14(24-17)9-12-6-7-13(23-12)10-4-3-5-11(8-10)16(21)22/h3-9H,1-2H3,(H,21,22)/b14-9+,18-17?. The summed E-state index contributed by atoms with van der Waals surface area (Å²) >= 11 is 1.28. The highest BCUT2D eigenvalue weighted by Crippen LogP contribution is 2.32. The molecule has 1 aromatic heterocycles. The summed E-state index contributed by atoms with van der Waals surface area (Å²) in [6.45, 7) is 0. The lowest BCUT2D eigenvalue weighted by Gasteiger charge is -2.04. The molecule has 24 heavy (non-hydrogen) atoms. The monoisotopic (exact) mass is 342 g/mol. The van der Waals surface area contributed by atoms with Gasteiger partial charge in [0.2, 0.25) is 0 Å². The average molecular weight is 342 g/mol. The molecule has 0 spiro atoms. The van der Waals surface area contributed by atoms with Gasteiger partial charge in [-0.15, -0.1) is 0 Å². The quantitative estimate of drug-likeness (QED) is 0.866. The number of hydrogen-bond donors (Lipinski definition) is 1. The number of hydrogen-bond acceptors (Lipinski definition) is 5. The number of amides is 1. The molecule has 0 aliphatic carbocycles. The fourth-order valence-corrected chi connectivity index (χ4v) is 3.18. The number of aliphatic imine (C=N–C) groups is 1. The Bertz CT molecular complexity index is 882. The molecule has 1 saturated heterocycles. The highest BCUT2D eigenvalue weighted by atomic mass is 32.2. The van der Waals surface area contributed by atoms with E-state index in [1.165, 1.54) is 22.7 Å². The van der Waals surface area contributed by atoms with Crippen molar-refractivity contribution >= 4 is 34.9 Å². The Labute approximate surface area is 142 Å². The topological polar surface area (TPSA) is 83.1 Å². The van der Waals surface area contributed by atoms with Gasteiger partial charge in [0.05, 0.1) is 10.5 Å². The minimum atomic E-state index is -0.992. The lowest BCUT2D eigenvalue weighted by Crippen LogP contribution is -2.23. The predicted octanol–water partition coefficient (Wildman–Crippen LogP) is 3.18. The third-order valence-corrected chi connectivity index (χ3v) is 4.64. The fourth-order valence-electron chi connectivity index (χ4n) is 2.27. The fraction of sp³-hybridized carbons (Fsp3) is 0.118. The number of rotatable bonds is 3. The summed E-state index contributed by atoms with van der Waals surface area (Å²) < 4.78 is 5.73. The van der Waals surface area contributed by atoms with Gasteiger partial charge in [-0.2, -0.15) is 0 Å². The third-order valence-electron chi connectivity index (χ3n) is 3.49. The van der Waals surface area contributed by atoms with Crippen LogP contribution in [0, 0.1) is 0 Å². The summed E-state index contributed by atoms with van der Waals surface area (Å²) in [7, 11) is 3.30. The summed E-state index contributed by atoms with van der Waals surface area (Å²) in [6, 6.07) is 9.98. The van der Waals surface area contributed by atoms with E-state index >= 15 is 0 Å². The normalized spacial score (nSPS) is 17.9. The van der Waals surface area contributed by atoms with E-state index in [4.69, 9.17) is 9.52 Å². The Morgan fingerprint density at radius 3 is 2.79 bits per heavy atom. The first kappa shape index (κ1) is 16.1. The second-order valence-corrected chi connectivity index (χ2v) is 6.08. The SMILES string of the molecule is CN=C1S/C(=C/c2ccc(-c3cccc(C(=O)O)c3)o2)C(=O)N1C. The molecule has 2 aromatic rings. The number of carboxylic acid groups (broad SMARTS) is 1. The van der Waals surface area contributed by atoms with Crippen LogP contribution >= 0.6 is 11.8 Å². The van der Waals surface area contributed by atoms with Gasteiger partial charge in [0.15, 0.2) is 5.17 Å². The van der Waals surface area contributed by atoms with Crippen LogP contribution in [0.5, 0.6) is 0 Å². The van der Waals surface area contributed by atoms with Gasteiger partial charge >= 0.3 is 5.97 Å². The van der Waals surface area contributed by atoms with Crippen LogP contribution in [0.15, 0.2) is 50.7 Å². The van der Waals surface area contributed by atoms with Gasteiger partial charge in [-0.25, -0.2) is 4.79 Å². The first-order valence-corrected chi connectivity index (χ1v) is 7.89. The summed E-state index contributed by atoms with van der Waals surface area (Å²) in [4.78, 5) is 29.2. The maximum absolute atomic E-state index is 12.1. The highest BCUT2D eigenvalue weighted by Gasteiger charge is 2.30. The van der Waals surface area contributed by atoms with E-state index in [-0.39, 0.29) is 11.5 Å². The summed E-state index contributed by atoms with van der Waals surface area (Å²) in [6.07, 6.45) is 1.66. The van der Waals surface area contributed by atoms with Crippen LogP contribution in [-0.4, -0.2) is 41.1 Å². The number of amidine groups is 1. The van der Waals surface area contributed by atoms with Gasteiger partial charge in [-0.1, -0.05) is 12.1 Å². The molecule has 0 unspecified atom stereocenters. The van der Waals surface area contributed by atoms with Crippen LogP contribution in [0.1, 0.15) is 16.1 Å². The van der Waals surface area contributed by atoms with Crippen molar-refractivity contribution < 1.29 is 19.1 Å². The molecule has 1 aromatic carbocycles. The van der Waals surface area contributed by atoms with E-state index in [2.05, 4.69) is 4.99 Å². The van der Waals surface area contributed by atoms with E-state index in [0.29, 0.717) is 27.2 Å². The maximum atomic E-state index is 12.1. The Kier molecular flexibility index (Phi) is 4.26. The Morgan fingerprint density at radius 2 is 2.12 bits per heavy atom. The molecule has 0 saturated carbocycles. The molecule has 0 bridgehead atoms. The van der Waals surface area contributed by atoms with Gasteiger partial charge < -0.3 is 9.52 Å². The maximum Gasteiger partial charge on any atom is 0.335 e. The van der Waals surface area contributed by atoms with Crippen molar-refractivity contribution in [3.8, 4) is 11.3 Å². The van der Waals surface area contributed by atoms with Crippen molar-refractivity contribution in [1.29, 1.82) is 0 Å². The van der Waals surface area contributed by atoms with Crippen molar-refractivity contribution in [1.82, 2.24) is 4.90 Å². The van der Waals surface area contributed by atoms with Crippen molar-refractivity contribution in [2.75, 3.05) is 14.1 Å². The number of aromatic carboxylic acids is 1. The number of carboxylic acids is 1. The summed E-state index contributed by atoms with van der Waals surface area (Å²) in [5, 5.41) is 9.69. The number of carbonyl (C=O) groups excluding carboxylic acids is 1. The van der Waals surface area contributed by atoms with Crippen LogP contribution in [0.2, 0.25) is 0 Å². The molecule has 1 aliphatic heterocycles. The highest BCUT2D eigenvalue weighted by molar-refractivity contribution is 8.18. The van der Waals surface area contributed by atoms with Gasteiger partial charge in [-0.05, 0) is 36.0 Å². The molecule has 0 radical (unpaired) electrons. The molecule has 1 N–H and O–H groups in total. The second kappa shape index (κ2) is 6.37. The molecule has 1 amide bonds. The zero-order chi connectivity index (χ0) is 17.3. The number of likely N-dealkylation sites (N-methyl/N-ethyl adjacent to an activating group) is 1. The van der Waals surface area contributed by atoms with E-state index in [1.54, 1.807) is 50.5 Å². The van der Waals surface area contributed by atoms with E-state index in [0.717, 1.165) is 0 Å². The molecular formula is C17H14N2O4S. The molecule has 1 aliphatic rings. The average Bonchev–Trinajstić information content (AvgIpc) is 3.15. The molecule has 6 nitrogen and oxygen atoms in total. The van der Waals surface area contributed by atoms with Crippen molar-refractivity contribution in [3.63, 3.8) is 0 Å². The first-order chi connectivity index (χ1) is 11.5. The molecule has 3 rings (SSSR count). The number of carbonyl (C=O) groups is 2. The van der Waals surface area contributed by atoms with Crippen LogP contribution in [0.25, 0.3) is 17.4 Å². The molecule has 2 heterocycles. The van der Waals surface area contributed by atoms with E-state index in [1.807, 2.05) is 0 Å². The lowest BCUT2D eigenvalue weighted by molar-refractivity contribution is -0.121. The lowest BCUT2D eigenvalue weighted by atomic mass is 10.1. The van der Waals surface area contributed by atoms with E-state index < -0.39 is 5.97 Å². The Hall–Kier alpha value is -2.80. The minimum Gasteiger partial charge on any atom is -0.478 e. The van der Waals surface area contributed by atoms with Crippen LogP contribution in [-0.2, 0) is 4.79 Å². The number of furan rings is 1. The second-order valence-electron chi connectivity index (χ2n) is 5.07. The zero-order valence-electron chi connectivity index (χ0n) is 13.0. The van der Waals surface area contributed by atoms with Crippen molar-refractivity contribution in [2.24, 2.45) is 4.99 Å². The van der Waals surface area contributed by atoms with Crippen molar-refractivity contribution in [2.45, 2.75) is 0 Å². The van der Waals surface area contributed by atoms with Gasteiger partial charge in [0, 0.05) is 25.7 Å². The number of thioether (sulfide) groups is 1. The van der Waals surface area contributed by atoms with Crippen molar-refractivity contribution in [3.05, 3.63) is 52.6 Å².